The van der Waals surface area contributed by atoms with Crippen LogP contribution in [0.4, 0.5) is 0 Å². The van der Waals surface area contributed by atoms with Crippen LogP contribution in [0, 0.1) is 16.7 Å². The predicted molar refractivity (Wildman–Crippen MR) is 155 cm³/mol. The number of Topliss-reactive ketones (excluding diaryl/α,β-unsaturated/α-hetero) is 1. The van der Waals surface area contributed by atoms with Crippen molar-refractivity contribution in [2.45, 2.75) is 108 Å². The molecule has 10 unspecified atom stereocenters. The van der Waals surface area contributed by atoms with Crippen LogP contribution in [0.2, 0.25) is 0 Å². The fourth-order valence-corrected chi connectivity index (χ4v) is 8.55. The smallest absolute Gasteiger partial charge is 0.332 e. The van der Waals surface area contributed by atoms with Gasteiger partial charge >= 0.3 is 17.9 Å². The number of aliphatic hydroxyl groups excluding tert-OH is 2. The molecule has 0 amide bonds. The summed E-state index contributed by atoms with van der Waals surface area (Å²) in [7, 11) is 0. The molecule has 12 heteroatoms. The third-order valence-electron chi connectivity index (χ3n) is 11.0. The Labute approximate surface area is 261 Å². The second-order valence-electron chi connectivity index (χ2n) is 13.6. The molecule has 5 rings (SSSR count). The molecule has 3 N–H and O–H groups in total. The van der Waals surface area contributed by atoms with E-state index in [1.807, 2.05) is 30.3 Å². The summed E-state index contributed by atoms with van der Waals surface area (Å²) in [4.78, 5) is 52.3. The Morgan fingerprint density at radius 2 is 1.60 bits per heavy atom. The van der Waals surface area contributed by atoms with Crippen LogP contribution < -0.4 is 0 Å². The van der Waals surface area contributed by atoms with Gasteiger partial charge in [0.1, 0.15) is 18.3 Å². The topological polar surface area (TPSA) is 178 Å². The number of esters is 3. The number of aliphatic hydroxyl groups is 3. The molecule has 1 saturated heterocycles. The molecule has 1 aliphatic heterocycles. The highest BCUT2D eigenvalue weighted by Gasteiger charge is 2.91. The number of carbonyl (C=O) groups is 4. The summed E-state index contributed by atoms with van der Waals surface area (Å²) in [5.41, 5.74) is -7.60. The molecular weight excluding hydrogens is 588 g/mol. The van der Waals surface area contributed by atoms with Gasteiger partial charge in [0.2, 0.25) is 0 Å². The Bertz CT molecular complexity index is 1410. The molecule has 3 aliphatic carbocycles. The van der Waals surface area contributed by atoms with Crippen LogP contribution in [0.1, 0.15) is 59.9 Å². The Balaban J connectivity index is 1.85. The monoisotopic (exact) mass is 630 g/mol. The second kappa shape index (κ2) is 11.0. The van der Waals surface area contributed by atoms with Crippen LogP contribution in [0.25, 0.3) is 0 Å². The fraction of sp³-hybridized carbons (Fsp3) is 0.636. The van der Waals surface area contributed by atoms with E-state index in [1.165, 1.54) is 13.8 Å². The summed E-state index contributed by atoms with van der Waals surface area (Å²) in [5.74, 6) is -4.25. The first-order chi connectivity index (χ1) is 20.9. The average Bonchev–Trinajstić information content (AvgIpc) is 3.63. The number of hydrogen-bond acceptors (Lipinski definition) is 12. The summed E-state index contributed by atoms with van der Waals surface area (Å²) in [5, 5.41) is 34.1. The van der Waals surface area contributed by atoms with Crippen LogP contribution in [-0.4, -0.2) is 92.9 Å². The lowest BCUT2D eigenvalue weighted by Gasteiger charge is -2.64. The van der Waals surface area contributed by atoms with Crippen molar-refractivity contribution in [3.05, 3.63) is 48.0 Å². The minimum atomic E-state index is -2.06. The van der Waals surface area contributed by atoms with Crippen molar-refractivity contribution in [2.24, 2.45) is 16.7 Å². The molecule has 2 bridgehead atoms. The number of carbonyl (C=O) groups excluding carboxylic acids is 4. The van der Waals surface area contributed by atoms with Crippen LogP contribution in [0.15, 0.2) is 42.5 Å². The number of benzene rings is 1. The quantitative estimate of drug-likeness (QED) is 0.172. The van der Waals surface area contributed by atoms with Gasteiger partial charge in [-0.25, -0.2) is 4.79 Å². The summed E-state index contributed by atoms with van der Waals surface area (Å²) < 4.78 is 30.6. The van der Waals surface area contributed by atoms with E-state index in [2.05, 4.69) is 6.58 Å². The van der Waals surface area contributed by atoms with E-state index < -0.39 is 101 Å². The maximum absolute atomic E-state index is 14.0. The fourth-order valence-electron chi connectivity index (χ4n) is 8.55. The Morgan fingerprint density at radius 3 is 2.18 bits per heavy atom. The molecule has 12 nitrogen and oxygen atoms in total. The largest absolute Gasteiger partial charge is 0.462 e. The van der Waals surface area contributed by atoms with Gasteiger partial charge in [-0.2, -0.15) is 0 Å². The number of epoxide rings is 1. The summed E-state index contributed by atoms with van der Waals surface area (Å²) in [6, 6.07) is 9.12. The Hall–Kier alpha value is -3.16. The molecule has 1 heterocycles. The molecule has 4 aliphatic rings. The molecule has 10 atom stereocenters. The van der Waals surface area contributed by atoms with Gasteiger partial charge in [-0.15, -0.1) is 0 Å². The molecule has 1 aromatic carbocycles. The molecule has 0 aromatic heterocycles. The van der Waals surface area contributed by atoms with Gasteiger partial charge in [0.05, 0.1) is 24.2 Å². The lowest BCUT2D eigenvalue weighted by Crippen LogP contribution is -2.79. The van der Waals surface area contributed by atoms with Gasteiger partial charge in [-0.05, 0) is 18.1 Å². The zero-order valence-electron chi connectivity index (χ0n) is 26.4. The van der Waals surface area contributed by atoms with Crippen molar-refractivity contribution in [3.63, 3.8) is 0 Å². The lowest BCUT2D eigenvalue weighted by molar-refractivity contribution is -0.290. The zero-order valence-corrected chi connectivity index (χ0v) is 26.4. The van der Waals surface area contributed by atoms with E-state index in [-0.39, 0.29) is 18.6 Å². The summed E-state index contributed by atoms with van der Waals surface area (Å²) in [6.45, 7) is 11.9. The molecule has 45 heavy (non-hydrogen) atoms. The highest BCUT2D eigenvalue weighted by atomic mass is 16.7. The molecule has 1 aromatic rings. The Morgan fingerprint density at radius 1 is 0.978 bits per heavy atom. The van der Waals surface area contributed by atoms with E-state index in [0.29, 0.717) is 0 Å². The highest BCUT2D eigenvalue weighted by molar-refractivity contribution is 5.95. The molecule has 246 valence electrons. The number of ketones is 1. The van der Waals surface area contributed by atoms with E-state index in [9.17, 15) is 34.5 Å². The predicted octanol–water partition coefficient (Wildman–Crippen LogP) is 1.55. The first kappa shape index (κ1) is 33.2. The molecule has 0 radical (unpaired) electrons. The van der Waals surface area contributed by atoms with Gasteiger partial charge < -0.3 is 39.0 Å². The molecule has 3 saturated carbocycles. The van der Waals surface area contributed by atoms with Gasteiger partial charge in [-0.1, -0.05) is 57.7 Å². The van der Waals surface area contributed by atoms with Crippen LogP contribution in [0.3, 0.4) is 0 Å². The van der Waals surface area contributed by atoms with Crippen LogP contribution >= 0.6 is 0 Å². The summed E-state index contributed by atoms with van der Waals surface area (Å²) >= 11 is 0. The second-order valence-corrected chi connectivity index (χ2v) is 13.6. The number of fused-ring (bicyclic) bond motifs is 2. The molecular formula is C33H42O12. The number of hydrogen-bond donors (Lipinski definition) is 3. The minimum Gasteiger partial charge on any atom is -0.462 e. The average molecular weight is 631 g/mol. The highest BCUT2D eigenvalue weighted by Crippen LogP contribution is 2.73. The SMILES string of the molecule is C=C1C(O)CC(OC(C)=O)C2(C)C(OC(C)=O)C(OC(=O)CO)C34OC3(C)C(=O)CC(O)(C(OCc3ccccc3)C12)C4(C)C. The van der Waals surface area contributed by atoms with Crippen molar-refractivity contribution in [3.8, 4) is 0 Å². The van der Waals surface area contributed by atoms with Crippen LogP contribution in [-0.2, 0) is 49.5 Å². The van der Waals surface area contributed by atoms with Gasteiger partial charge in [0.25, 0.3) is 0 Å². The van der Waals surface area contributed by atoms with E-state index in [0.717, 1.165) is 12.5 Å². The normalized spacial score (nSPS) is 41.4. The van der Waals surface area contributed by atoms with Crippen molar-refractivity contribution in [2.75, 3.05) is 6.61 Å². The van der Waals surface area contributed by atoms with Crippen molar-refractivity contribution < 1.29 is 58.2 Å². The minimum absolute atomic E-state index is 0.0292. The lowest BCUT2D eigenvalue weighted by atomic mass is 9.44. The van der Waals surface area contributed by atoms with Crippen LogP contribution in [0.5, 0.6) is 0 Å². The molecule has 1 spiro atoms. The zero-order chi connectivity index (χ0) is 33.3. The van der Waals surface area contributed by atoms with Crippen molar-refractivity contribution in [1.82, 2.24) is 0 Å². The Kier molecular flexibility index (Phi) is 8.10. The molecule has 4 fully saturated rings. The van der Waals surface area contributed by atoms with Gasteiger partial charge in [0.15, 0.2) is 29.2 Å². The van der Waals surface area contributed by atoms with Gasteiger partial charge in [-0.3, -0.25) is 14.4 Å². The van der Waals surface area contributed by atoms with Gasteiger partial charge in [0, 0.05) is 38.0 Å². The maximum atomic E-state index is 14.0. The van der Waals surface area contributed by atoms with E-state index >= 15 is 0 Å². The number of ether oxygens (including phenoxy) is 5. The third-order valence-corrected chi connectivity index (χ3v) is 11.0. The van der Waals surface area contributed by atoms with E-state index in [4.69, 9.17) is 23.7 Å². The third kappa shape index (κ3) is 4.59. The first-order valence-electron chi connectivity index (χ1n) is 15.0. The van der Waals surface area contributed by atoms with Crippen molar-refractivity contribution >= 4 is 23.7 Å². The first-order valence-corrected chi connectivity index (χ1v) is 15.0. The maximum Gasteiger partial charge on any atom is 0.332 e. The van der Waals surface area contributed by atoms with E-state index in [1.54, 1.807) is 20.8 Å². The number of rotatable bonds is 7. The standard InChI is InChI=1S/C33H42O12/c1-17-21(37)13-23(42-18(2)35)30(6)25(17)26(41-16-20-11-9-8-10-12-20)32(40)14-22(38)31(7)33(45-31,29(32,4)5)28(44-24(39)15-34)27(30)43-19(3)36/h8-12,21,23,25-28,34,37,40H,1,13-16H2,2-7H3. The summed E-state index contributed by atoms with van der Waals surface area (Å²) in [6.07, 6.45) is -7.48. The van der Waals surface area contributed by atoms with Crippen molar-refractivity contribution in [1.29, 1.82) is 0 Å².